The van der Waals surface area contributed by atoms with Gasteiger partial charge >= 0.3 is 7.60 Å². The van der Waals surface area contributed by atoms with Crippen LogP contribution in [0.4, 0.5) is 5.69 Å². The van der Waals surface area contributed by atoms with Gasteiger partial charge in [0.15, 0.2) is 0 Å². The molecule has 1 aromatic carbocycles. The fourth-order valence-corrected chi connectivity index (χ4v) is 2.92. The van der Waals surface area contributed by atoms with Gasteiger partial charge in [-0.15, -0.1) is 0 Å². The molecule has 0 aliphatic carbocycles. The highest BCUT2D eigenvalue weighted by atomic mass is 79.9. The molecule has 90 valence electrons. The summed E-state index contributed by atoms with van der Waals surface area (Å²) < 4.78 is 12.1. The van der Waals surface area contributed by atoms with Gasteiger partial charge in [-0.05, 0) is 32.0 Å². The van der Waals surface area contributed by atoms with Crippen molar-refractivity contribution in [1.29, 1.82) is 0 Å². The van der Waals surface area contributed by atoms with Crippen LogP contribution < -0.4 is 10.2 Å². The van der Waals surface area contributed by atoms with Gasteiger partial charge in [0.2, 0.25) is 0 Å². The largest absolute Gasteiger partial charge is 0.371 e. The molecule has 16 heavy (non-hydrogen) atoms. The van der Waals surface area contributed by atoms with E-state index in [1.807, 2.05) is 18.7 Å². The molecule has 0 aliphatic heterocycles. The van der Waals surface area contributed by atoms with Crippen LogP contribution in [0, 0.1) is 0 Å². The topological polar surface area (TPSA) is 60.8 Å². The van der Waals surface area contributed by atoms with E-state index in [2.05, 4.69) is 15.9 Å². The van der Waals surface area contributed by atoms with Gasteiger partial charge in [-0.2, -0.15) is 0 Å². The fourth-order valence-electron chi connectivity index (χ4n) is 1.56. The Morgan fingerprint density at radius 3 is 2.31 bits per heavy atom. The van der Waals surface area contributed by atoms with Crippen LogP contribution in [0.15, 0.2) is 22.7 Å². The Labute approximate surface area is 104 Å². The number of benzene rings is 1. The number of nitrogens with zero attached hydrogens (tertiary/aromatic N) is 1. The van der Waals surface area contributed by atoms with Crippen LogP contribution in [0.1, 0.15) is 13.8 Å². The number of anilines is 1. The van der Waals surface area contributed by atoms with E-state index in [1.165, 1.54) is 6.07 Å². The molecule has 0 atom stereocenters. The average Bonchev–Trinajstić information content (AvgIpc) is 2.20. The minimum atomic E-state index is -4.23. The monoisotopic (exact) mass is 307 g/mol. The van der Waals surface area contributed by atoms with E-state index in [0.717, 1.165) is 0 Å². The molecule has 0 radical (unpaired) electrons. The van der Waals surface area contributed by atoms with Crippen molar-refractivity contribution in [3.63, 3.8) is 0 Å². The quantitative estimate of drug-likeness (QED) is 0.836. The van der Waals surface area contributed by atoms with Gasteiger partial charge < -0.3 is 14.7 Å². The molecule has 0 aliphatic rings. The number of hydrogen-bond donors (Lipinski definition) is 2. The van der Waals surface area contributed by atoms with Gasteiger partial charge in [0, 0.05) is 17.6 Å². The summed E-state index contributed by atoms with van der Waals surface area (Å²) in [6.45, 7) is 5.33. The molecule has 0 saturated heterocycles. The summed E-state index contributed by atoms with van der Waals surface area (Å²) in [5.74, 6) is 0. The van der Waals surface area contributed by atoms with Gasteiger partial charge in [0.1, 0.15) is 0 Å². The van der Waals surface area contributed by atoms with Crippen molar-refractivity contribution in [3.8, 4) is 0 Å². The van der Waals surface area contributed by atoms with Crippen LogP contribution in [-0.2, 0) is 4.57 Å². The summed E-state index contributed by atoms with van der Waals surface area (Å²) in [6, 6.07) is 4.99. The lowest BCUT2D eigenvalue weighted by Gasteiger charge is -2.24. The van der Waals surface area contributed by atoms with Gasteiger partial charge in [0.05, 0.1) is 11.0 Å². The van der Waals surface area contributed by atoms with Crippen LogP contribution in [0.2, 0.25) is 0 Å². The zero-order valence-electron chi connectivity index (χ0n) is 9.22. The van der Waals surface area contributed by atoms with Crippen molar-refractivity contribution in [2.45, 2.75) is 13.8 Å². The second kappa shape index (κ2) is 5.32. The highest BCUT2D eigenvalue weighted by Crippen LogP contribution is 2.38. The first-order chi connectivity index (χ1) is 7.40. The lowest BCUT2D eigenvalue weighted by molar-refractivity contribution is 0.387. The molecule has 0 spiro atoms. The Morgan fingerprint density at radius 2 is 1.88 bits per heavy atom. The molecule has 0 unspecified atom stereocenters. The predicted octanol–water partition coefficient (Wildman–Crippen LogP) is 2.10. The minimum Gasteiger partial charge on any atom is -0.371 e. The Kier molecular flexibility index (Phi) is 4.56. The van der Waals surface area contributed by atoms with Crippen molar-refractivity contribution in [3.05, 3.63) is 22.7 Å². The van der Waals surface area contributed by atoms with Crippen molar-refractivity contribution in [2.24, 2.45) is 0 Å². The van der Waals surface area contributed by atoms with Crippen LogP contribution >= 0.6 is 23.5 Å². The molecule has 1 aromatic rings. The summed E-state index contributed by atoms with van der Waals surface area (Å²) in [6.07, 6.45) is 0. The summed E-state index contributed by atoms with van der Waals surface area (Å²) in [5, 5.41) is 0.0746. The number of hydrogen-bond acceptors (Lipinski definition) is 2. The predicted molar refractivity (Wildman–Crippen MR) is 69.4 cm³/mol. The fraction of sp³-hybridized carbons (Fsp3) is 0.400. The first kappa shape index (κ1) is 13.7. The van der Waals surface area contributed by atoms with E-state index in [0.29, 0.717) is 23.2 Å². The molecule has 0 heterocycles. The summed E-state index contributed by atoms with van der Waals surface area (Å²) in [4.78, 5) is 20.5. The standard InChI is InChI=1S/C10H15BrNO3P/c1-3-12(4-2)9-6-5-8(11)7-10(9)16(13,14)15/h5-7H,3-4H2,1-2H3,(H2,13,14,15). The van der Waals surface area contributed by atoms with Crippen molar-refractivity contribution in [2.75, 3.05) is 18.0 Å². The van der Waals surface area contributed by atoms with E-state index < -0.39 is 7.60 Å². The molecule has 4 nitrogen and oxygen atoms in total. The highest BCUT2D eigenvalue weighted by molar-refractivity contribution is 9.10. The third kappa shape index (κ3) is 3.08. The van der Waals surface area contributed by atoms with Gasteiger partial charge in [-0.1, -0.05) is 15.9 Å². The van der Waals surface area contributed by atoms with Crippen molar-refractivity contribution >= 4 is 34.5 Å². The lowest BCUT2D eigenvalue weighted by atomic mass is 10.3. The average molecular weight is 308 g/mol. The maximum atomic E-state index is 11.4. The van der Waals surface area contributed by atoms with E-state index in [4.69, 9.17) is 0 Å². The molecule has 0 saturated carbocycles. The Hall–Kier alpha value is -0.350. The Bertz CT molecular complexity index is 415. The van der Waals surface area contributed by atoms with E-state index in [9.17, 15) is 14.4 Å². The Morgan fingerprint density at radius 1 is 1.31 bits per heavy atom. The highest BCUT2D eigenvalue weighted by Gasteiger charge is 2.23. The van der Waals surface area contributed by atoms with Gasteiger partial charge in [-0.3, -0.25) is 4.57 Å². The molecule has 0 bridgehead atoms. The minimum absolute atomic E-state index is 0.0746. The molecule has 6 heteroatoms. The second-order valence-electron chi connectivity index (χ2n) is 3.35. The van der Waals surface area contributed by atoms with Crippen molar-refractivity contribution in [1.82, 2.24) is 0 Å². The second-order valence-corrected chi connectivity index (χ2v) is 5.83. The van der Waals surface area contributed by atoms with Crippen LogP contribution in [-0.4, -0.2) is 22.9 Å². The summed E-state index contributed by atoms with van der Waals surface area (Å²) in [7, 11) is -4.23. The molecular weight excluding hydrogens is 293 g/mol. The number of rotatable bonds is 4. The molecule has 2 N–H and O–H groups in total. The molecular formula is C10H15BrNO3P. The third-order valence-corrected chi connectivity index (χ3v) is 3.83. The molecule has 0 aromatic heterocycles. The van der Waals surface area contributed by atoms with Crippen LogP contribution in [0.25, 0.3) is 0 Å². The third-order valence-electron chi connectivity index (χ3n) is 2.36. The first-order valence-electron chi connectivity index (χ1n) is 5.00. The lowest BCUT2D eigenvalue weighted by Crippen LogP contribution is -2.27. The molecule has 0 amide bonds. The zero-order valence-corrected chi connectivity index (χ0v) is 11.7. The van der Waals surface area contributed by atoms with Gasteiger partial charge in [0.25, 0.3) is 0 Å². The first-order valence-corrected chi connectivity index (χ1v) is 7.41. The normalized spacial score (nSPS) is 11.6. The van der Waals surface area contributed by atoms with E-state index in [1.54, 1.807) is 12.1 Å². The maximum Gasteiger partial charge on any atom is 0.358 e. The zero-order chi connectivity index (χ0) is 12.3. The summed E-state index contributed by atoms with van der Waals surface area (Å²) in [5.41, 5.74) is 0.599. The van der Waals surface area contributed by atoms with Gasteiger partial charge in [-0.25, -0.2) is 0 Å². The van der Waals surface area contributed by atoms with Crippen LogP contribution in [0.3, 0.4) is 0 Å². The van der Waals surface area contributed by atoms with Crippen LogP contribution in [0.5, 0.6) is 0 Å². The maximum absolute atomic E-state index is 11.4. The van der Waals surface area contributed by atoms with Crippen molar-refractivity contribution < 1.29 is 14.4 Å². The SMILES string of the molecule is CCN(CC)c1ccc(Br)cc1P(=O)(O)O. The Balaban J connectivity index is 3.33. The number of halogens is 1. The van der Waals surface area contributed by atoms with E-state index in [-0.39, 0.29) is 5.30 Å². The molecule has 1 rings (SSSR count). The van der Waals surface area contributed by atoms with E-state index >= 15 is 0 Å². The molecule has 0 fully saturated rings. The smallest absolute Gasteiger partial charge is 0.358 e. The summed E-state index contributed by atoms with van der Waals surface area (Å²) >= 11 is 3.22.